The summed E-state index contributed by atoms with van der Waals surface area (Å²) >= 11 is 1.91. The summed E-state index contributed by atoms with van der Waals surface area (Å²) in [6, 6.07) is 2.97. The van der Waals surface area contributed by atoms with Crippen molar-refractivity contribution in [3.8, 4) is 0 Å². The minimum atomic E-state index is 0.691. The highest BCUT2D eigenvalue weighted by atomic mass is 32.1. The third kappa shape index (κ3) is 1.10. The van der Waals surface area contributed by atoms with E-state index in [-0.39, 0.29) is 0 Å². The molecule has 1 aromatic rings. The minimum Gasteiger partial charge on any atom is -0.302 e. The Labute approximate surface area is 71.7 Å². The predicted octanol–water partition coefficient (Wildman–Crippen LogP) is 2.30. The van der Waals surface area contributed by atoms with Gasteiger partial charge in [-0.1, -0.05) is 0 Å². The molecule has 1 aliphatic carbocycles. The summed E-state index contributed by atoms with van der Waals surface area (Å²) in [7, 11) is 4.33. The monoisotopic (exact) mass is 167 g/mol. The highest BCUT2D eigenvalue weighted by Gasteiger charge is 2.24. The molecule has 1 aromatic heterocycles. The molecule has 0 aromatic carbocycles. The molecular formula is C9H13NS. The van der Waals surface area contributed by atoms with Crippen molar-refractivity contribution in [2.24, 2.45) is 0 Å². The van der Waals surface area contributed by atoms with Gasteiger partial charge < -0.3 is 4.90 Å². The first-order valence-corrected chi connectivity index (χ1v) is 4.89. The lowest BCUT2D eigenvalue weighted by molar-refractivity contribution is 0.299. The van der Waals surface area contributed by atoms with Crippen molar-refractivity contribution in [2.75, 3.05) is 14.1 Å². The van der Waals surface area contributed by atoms with Gasteiger partial charge in [0.15, 0.2) is 0 Å². The second-order valence-corrected chi connectivity index (χ2v) is 4.32. The lowest BCUT2D eigenvalue weighted by Crippen LogP contribution is -2.16. The number of fused-ring (bicyclic) bond motifs is 1. The summed E-state index contributed by atoms with van der Waals surface area (Å²) in [5.41, 5.74) is 1.57. The van der Waals surface area contributed by atoms with Gasteiger partial charge in [-0.2, -0.15) is 0 Å². The van der Waals surface area contributed by atoms with E-state index in [9.17, 15) is 0 Å². The maximum absolute atomic E-state index is 2.32. The fraction of sp³-hybridized carbons (Fsp3) is 0.556. The minimum absolute atomic E-state index is 0.691. The van der Waals surface area contributed by atoms with Gasteiger partial charge in [0.2, 0.25) is 0 Å². The molecule has 0 bridgehead atoms. The van der Waals surface area contributed by atoms with E-state index in [4.69, 9.17) is 0 Å². The van der Waals surface area contributed by atoms with E-state index in [1.54, 1.807) is 10.4 Å². The van der Waals surface area contributed by atoms with Crippen LogP contribution in [0, 0.1) is 0 Å². The van der Waals surface area contributed by atoms with E-state index >= 15 is 0 Å². The van der Waals surface area contributed by atoms with E-state index in [1.807, 2.05) is 11.3 Å². The Morgan fingerprint density at radius 2 is 2.36 bits per heavy atom. The number of hydrogen-bond acceptors (Lipinski definition) is 2. The van der Waals surface area contributed by atoms with Crippen molar-refractivity contribution >= 4 is 11.3 Å². The van der Waals surface area contributed by atoms with Crippen LogP contribution >= 0.6 is 11.3 Å². The average Bonchev–Trinajstić information content (AvgIpc) is 2.41. The third-order valence-corrected chi connectivity index (χ3v) is 3.40. The molecule has 11 heavy (non-hydrogen) atoms. The number of nitrogens with zero attached hydrogens (tertiary/aromatic N) is 1. The first-order valence-electron chi connectivity index (χ1n) is 4.01. The van der Waals surface area contributed by atoms with Crippen molar-refractivity contribution in [3.05, 3.63) is 21.9 Å². The molecule has 2 rings (SSSR count). The van der Waals surface area contributed by atoms with Crippen molar-refractivity contribution in [1.82, 2.24) is 4.90 Å². The van der Waals surface area contributed by atoms with Crippen LogP contribution < -0.4 is 0 Å². The molecule has 1 nitrogen and oxygen atoms in total. The maximum atomic E-state index is 2.32. The number of rotatable bonds is 1. The number of thiophene rings is 1. The molecule has 2 heteroatoms. The number of aryl methyl sites for hydroxylation is 1. The molecule has 0 fully saturated rings. The van der Waals surface area contributed by atoms with Crippen LogP contribution in [0.4, 0.5) is 0 Å². The van der Waals surface area contributed by atoms with Crippen LogP contribution in [0.15, 0.2) is 11.4 Å². The average molecular weight is 167 g/mol. The van der Waals surface area contributed by atoms with Crippen LogP contribution in [0.2, 0.25) is 0 Å². The van der Waals surface area contributed by atoms with Crippen LogP contribution in [0.25, 0.3) is 0 Å². The van der Waals surface area contributed by atoms with Crippen LogP contribution in [0.1, 0.15) is 22.9 Å². The van der Waals surface area contributed by atoms with Crippen molar-refractivity contribution in [1.29, 1.82) is 0 Å². The van der Waals surface area contributed by atoms with Gasteiger partial charge >= 0.3 is 0 Å². The zero-order valence-corrected chi connectivity index (χ0v) is 7.82. The first kappa shape index (κ1) is 7.32. The molecule has 0 aliphatic heterocycles. The summed E-state index contributed by atoms with van der Waals surface area (Å²) in [5, 5.41) is 2.21. The van der Waals surface area contributed by atoms with Gasteiger partial charge in [0, 0.05) is 10.9 Å². The Bertz CT molecular complexity index is 252. The SMILES string of the molecule is CN(C)C1CCc2sccc21. The maximum Gasteiger partial charge on any atom is 0.0356 e. The third-order valence-electron chi connectivity index (χ3n) is 2.41. The van der Waals surface area contributed by atoms with Gasteiger partial charge in [-0.05, 0) is 43.9 Å². The van der Waals surface area contributed by atoms with E-state index in [2.05, 4.69) is 30.4 Å². The Morgan fingerprint density at radius 3 is 3.09 bits per heavy atom. The molecule has 1 aliphatic rings. The molecular weight excluding hydrogens is 154 g/mol. The lowest BCUT2D eigenvalue weighted by atomic mass is 10.1. The summed E-state index contributed by atoms with van der Waals surface area (Å²) < 4.78 is 0. The fourth-order valence-corrected chi connectivity index (χ4v) is 2.77. The smallest absolute Gasteiger partial charge is 0.0356 e. The molecule has 0 spiro atoms. The summed E-state index contributed by atoms with van der Waals surface area (Å²) in [6.07, 6.45) is 2.60. The molecule has 0 saturated carbocycles. The molecule has 0 amide bonds. The van der Waals surface area contributed by atoms with Crippen LogP contribution in [0.3, 0.4) is 0 Å². The summed E-state index contributed by atoms with van der Waals surface area (Å²) in [6.45, 7) is 0. The molecule has 60 valence electrons. The quantitative estimate of drug-likeness (QED) is 0.620. The standard InChI is InChI=1S/C9H13NS/c1-10(2)8-3-4-9-7(8)5-6-11-9/h5-6,8H,3-4H2,1-2H3. The van der Waals surface area contributed by atoms with Crippen LogP contribution in [-0.2, 0) is 6.42 Å². The summed E-state index contributed by atoms with van der Waals surface area (Å²) in [4.78, 5) is 3.92. The lowest BCUT2D eigenvalue weighted by Gasteiger charge is -2.18. The number of hydrogen-bond donors (Lipinski definition) is 0. The Hall–Kier alpha value is -0.340. The topological polar surface area (TPSA) is 3.24 Å². The molecule has 0 saturated heterocycles. The molecule has 0 N–H and O–H groups in total. The summed E-state index contributed by atoms with van der Waals surface area (Å²) in [5.74, 6) is 0. The van der Waals surface area contributed by atoms with E-state index in [0.717, 1.165) is 0 Å². The van der Waals surface area contributed by atoms with Crippen LogP contribution in [-0.4, -0.2) is 19.0 Å². The Balaban J connectivity index is 2.31. The second kappa shape index (κ2) is 2.61. The highest BCUT2D eigenvalue weighted by molar-refractivity contribution is 7.10. The highest BCUT2D eigenvalue weighted by Crippen LogP contribution is 2.37. The van der Waals surface area contributed by atoms with E-state index < -0.39 is 0 Å². The largest absolute Gasteiger partial charge is 0.302 e. The predicted molar refractivity (Wildman–Crippen MR) is 49.1 cm³/mol. The second-order valence-electron chi connectivity index (χ2n) is 3.32. The van der Waals surface area contributed by atoms with Gasteiger partial charge in [-0.3, -0.25) is 0 Å². The molecule has 1 unspecified atom stereocenters. The molecule has 1 atom stereocenters. The van der Waals surface area contributed by atoms with E-state index in [0.29, 0.717) is 6.04 Å². The zero-order valence-electron chi connectivity index (χ0n) is 7.00. The van der Waals surface area contributed by atoms with E-state index in [1.165, 1.54) is 12.8 Å². The fourth-order valence-electron chi connectivity index (χ4n) is 1.81. The molecule has 1 heterocycles. The van der Waals surface area contributed by atoms with Crippen molar-refractivity contribution in [2.45, 2.75) is 18.9 Å². The Kier molecular flexibility index (Phi) is 1.74. The first-order chi connectivity index (χ1) is 5.29. The van der Waals surface area contributed by atoms with Crippen LogP contribution in [0.5, 0.6) is 0 Å². The molecule has 0 radical (unpaired) electrons. The van der Waals surface area contributed by atoms with Gasteiger partial charge in [-0.25, -0.2) is 0 Å². The van der Waals surface area contributed by atoms with Gasteiger partial charge in [0.25, 0.3) is 0 Å². The van der Waals surface area contributed by atoms with Crippen molar-refractivity contribution in [3.63, 3.8) is 0 Å². The Morgan fingerprint density at radius 1 is 1.55 bits per heavy atom. The van der Waals surface area contributed by atoms with Crippen molar-refractivity contribution < 1.29 is 0 Å². The normalized spacial score (nSPS) is 22.6. The van der Waals surface area contributed by atoms with Gasteiger partial charge in [0.05, 0.1) is 0 Å². The van der Waals surface area contributed by atoms with Gasteiger partial charge in [0.1, 0.15) is 0 Å². The van der Waals surface area contributed by atoms with Gasteiger partial charge in [-0.15, -0.1) is 11.3 Å². The zero-order chi connectivity index (χ0) is 7.84.